The molecule has 3 rings (SSSR count). The number of hydrogen-bond acceptors (Lipinski definition) is 3. The van der Waals surface area contributed by atoms with Crippen LogP contribution in [0.4, 0.5) is 0 Å². The van der Waals surface area contributed by atoms with Gasteiger partial charge in [0.15, 0.2) is 0 Å². The smallest absolute Gasteiger partial charge is 0.268 e. The topological polar surface area (TPSA) is 94.2 Å². The lowest BCUT2D eigenvalue weighted by Gasteiger charge is -2.27. The zero-order valence-electron chi connectivity index (χ0n) is 11.9. The van der Waals surface area contributed by atoms with E-state index in [2.05, 4.69) is 5.32 Å². The molecular weight excluding hydrogens is 290 g/mol. The second-order valence-electron chi connectivity index (χ2n) is 6.05. The second-order valence-corrected chi connectivity index (χ2v) is 7.61. The highest BCUT2D eigenvalue weighted by molar-refractivity contribution is 7.89. The molecular formula is C14H21N3O3S. The number of amides is 1. The van der Waals surface area contributed by atoms with E-state index >= 15 is 0 Å². The molecule has 0 aliphatic heterocycles. The van der Waals surface area contributed by atoms with Gasteiger partial charge >= 0.3 is 0 Å². The van der Waals surface area contributed by atoms with E-state index in [1.54, 1.807) is 4.57 Å². The minimum Gasteiger partial charge on any atom is -0.348 e. The van der Waals surface area contributed by atoms with Crippen molar-refractivity contribution < 1.29 is 13.2 Å². The molecule has 0 spiro atoms. The van der Waals surface area contributed by atoms with Crippen LogP contribution in [0.25, 0.3) is 0 Å². The Morgan fingerprint density at radius 3 is 2.38 bits per heavy atom. The standard InChI is InChI=1S/C14H21N3O3S/c15-21(19,20)12-8-13(14(18)16-10-4-3-5-10)17(9-12)11-6-1-2-7-11/h8-11H,1-7H2,(H,16,18)(H2,15,19,20). The molecule has 0 radical (unpaired) electrons. The van der Waals surface area contributed by atoms with Crippen LogP contribution in [0.15, 0.2) is 17.2 Å². The molecule has 6 nitrogen and oxygen atoms in total. The van der Waals surface area contributed by atoms with Gasteiger partial charge < -0.3 is 9.88 Å². The van der Waals surface area contributed by atoms with Gasteiger partial charge in [0.25, 0.3) is 5.91 Å². The lowest BCUT2D eigenvalue weighted by molar-refractivity contribution is 0.0905. The number of hydrogen-bond donors (Lipinski definition) is 2. The summed E-state index contributed by atoms with van der Waals surface area (Å²) >= 11 is 0. The summed E-state index contributed by atoms with van der Waals surface area (Å²) in [4.78, 5) is 12.4. The van der Waals surface area contributed by atoms with Crippen molar-refractivity contribution in [1.82, 2.24) is 9.88 Å². The van der Waals surface area contributed by atoms with Crippen LogP contribution in [0.2, 0.25) is 0 Å². The molecule has 1 heterocycles. The molecule has 2 aliphatic rings. The maximum atomic E-state index is 12.4. The number of carbonyl (C=O) groups is 1. The van der Waals surface area contributed by atoms with E-state index < -0.39 is 10.0 Å². The summed E-state index contributed by atoms with van der Waals surface area (Å²) in [6, 6.07) is 1.83. The molecule has 21 heavy (non-hydrogen) atoms. The van der Waals surface area contributed by atoms with Crippen molar-refractivity contribution in [3.63, 3.8) is 0 Å². The molecule has 0 bridgehead atoms. The molecule has 0 aromatic carbocycles. The molecule has 0 unspecified atom stereocenters. The lowest BCUT2D eigenvalue weighted by Crippen LogP contribution is -2.40. The highest BCUT2D eigenvalue weighted by atomic mass is 32.2. The quantitative estimate of drug-likeness (QED) is 0.883. The molecule has 7 heteroatoms. The summed E-state index contributed by atoms with van der Waals surface area (Å²) in [5.74, 6) is -0.193. The Labute approximate surface area is 124 Å². The minimum atomic E-state index is -3.79. The van der Waals surface area contributed by atoms with E-state index in [9.17, 15) is 13.2 Å². The normalized spacial score (nSPS) is 20.4. The summed E-state index contributed by atoms with van der Waals surface area (Å²) in [5.41, 5.74) is 0.415. The zero-order valence-corrected chi connectivity index (χ0v) is 12.7. The van der Waals surface area contributed by atoms with Crippen molar-refractivity contribution in [3.05, 3.63) is 18.0 Å². The van der Waals surface area contributed by atoms with Crippen LogP contribution in [-0.2, 0) is 10.0 Å². The van der Waals surface area contributed by atoms with Crippen LogP contribution in [-0.4, -0.2) is 24.9 Å². The van der Waals surface area contributed by atoms with Gasteiger partial charge in [-0.2, -0.15) is 0 Å². The van der Waals surface area contributed by atoms with Gasteiger partial charge in [0.05, 0.1) is 0 Å². The molecule has 3 N–H and O–H groups in total. The fourth-order valence-electron chi connectivity index (χ4n) is 3.09. The Hall–Kier alpha value is -1.34. The van der Waals surface area contributed by atoms with Crippen molar-refractivity contribution >= 4 is 15.9 Å². The number of nitrogens with two attached hydrogens (primary N) is 1. The fraction of sp³-hybridized carbons (Fsp3) is 0.643. The largest absolute Gasteiger partial charge is 0.348 e. The van der Waals surface area contributed by atoms with E-state index in [0.29, 0.717) is 5.69 Å². The number of carbonyl (C=O) groups excluding carboxylic acids is 1. The molecule has 0 atom stereocenters. The van der Waals surface area contributed by atoms with Crippen molar-refractivity contribution in [1.29, 1.82) is 0 Å². The molecule has 2 fully saturated rings. The van der Waals surface area contributed by atoms with Crippen LogP contribution in [0.5, 0.6) is 0 Å². The van der Waals surface area contributed by atoms with E-state index in [4.69, 9.17) is 5.14 Å². The van der Waals surface area contributed by atoms with Crippen LogP contribution < -0.4 is 10.5 Å². The first kappa shape index (κ1) is 14.6. The molecule has 2 aliphatic carbocycles. The Balaban J connectivity index is 1.91. The third kappa shape index (κ3) is 2.98. The van der Waals surface area contributed by atoms with Gasteiger partial charge in [-0.05, 0) is 38.2 Å². The van der Waals surface area contributed by atoms with E-state index in [1.165, 1.54) is 12.3 Å². The van der Waals surface area contributed by atoms with E-state index in [-0.39, 0.29) is 22.9 Å². The zero-order chi connectivity index (χ0) is 15.0. The second kappa shape index (κ2) is 5.46. The van der Waals surface area contributed by atoms with Crippen LogP contribution in [0, 0.1) is 0 Å². The molecule has 1 amide bonds. The highest BCUT2D eigenvalue weighted by Crippen LogP contribution is 2.32. The highest BCUT2D eigenvalue weighted by Gasteiger charge is 2.27. The van der Waals surface area contributed by atoms with Crippen LogP contribution in [0.1, 0.15) is 61.5 Å². The Morgan fingerprint density at radius 1 is 1.19 bits per heavy atom. The van der Waals surface area contributed by atoms with Crippen LogP contribution >= 0.6 is 0 Å². The maximum absolute atomic E-state index is 12.4. The van der Waals surface area contributed by atoms with Gasteiger partial charge in [-0.3, -0.25) is 4.79 Å². The first-order valence-corrected chi connectivity index (χ1v) is 9.05. The Bertz CT molecular complexity index is 640. The molecule has 1 aromatic heterocycles. The van der Waals surface area contributed by atoms with Gasteiger partial charge in [-0.15, -0.1) is 0 Å². The van der Waals surface area contributed by atoms with Gasteiger partial charge in [0.2, 0.25) is 10.0 Å². The molecule has 116 valence electrons. The molecule has 2 saturated carbocycles. The van der Waals surface area contributed by atoms with Crippen molar-refractivity contribution in [2.75, 3.05) is 0 Å². The number of primary sulfonamides is 1. The summed E-state index contributed by atoms with van der Waals surface area (Å²) in [7, 11) is -3.79. The number of nitrogens with zero attached hydrogens (tertiary/aromatic N) is 1. The summed E-state index contributed by atoms with van der Waals surface area (Å²) in [6.07, 6.45) is 8.81. The van der Waals surface area contributed by atoms with E-state index in [0.717, 1.165) is 44.9 Å². The number of sulfonamides is 1. The van der Waals surface area contributed by atoms with Gasteiger partial charge in [0, 0.05) is 18.3 Å². The number of nitrogens with one attached hydrogen (secondary N) is 1. The van der Waals surface area contributed by atoms with E-state index in [1.807, 2.05) is 0 Å². The summed E-state index contributed by atoms with van der Waals surface area (Å²) < 4.78 is 24.9. The van der Waals surface area contributed by atoms with Crippen molar-refractivity contribution in [3.8, 4) is 0 Å². The monoisotopic (exact) mass is 311 g/mol. The van der Waals surface area contributed by atoms with Gasteiger partial charge in [-0.1, -0.05) is 12.8 Å². The van der Waals surface area contributed by atoms with Crippen LogP contribution in [0.3, 0.4) is 0 Å². The molecule has 1 aromatic rings. The first-order valence-electron chi connectivity index (χ1n) is 7.50. The third-order valence-electron chi connectivity index (χ3n) is 4.54. The first-order chi connectivity index (χ1) is 9.95. The van der Waals surface area contributed by atoms with Crippen molar-refractivity contribution in [2.45, 2.75) is 61.9 Å². The van der Waals surface area contributed by atoms with Gasteiger partial charge in [0.1, 0.15) is 10.6 Å². The average molecular weight is 311 g/mol. The third-order valence-corrected chi connectivity index (χ3v) is 5.42. The Morgan fingerprint density at radius 2 is 1.86 bits per heavy atom. The minimum absolute atomic E-state index is 0.0214. The van der Waals surface area contributed by atoms with Crippen molar-refractivity contribution in [2.24, 2.45) is 5.14 Å². The SMILES string of the molecule is NS(=O)(=O)c1cc(C(=O)NC2CCC2)n(C2CCCC2)c1. The lowest BCUT2D eigenvalue weighted by atomic mass is 9.93. The molecule has 0 saturated heterocycles. The summed E-state index contributed by atoms with van der Waals surface area (Å²) in [6.45, 7) is 0. The Kier molecular flexibility index (Phi) is 3.79. The predicted molar refractivity (Wildman–Crippen MR) is 78.4 cm³/mol. The summed E-state index contributed by atoms with van der Waals surface area (Å²) in [5, 5.41) is 8.17. The average Bonchev–Trinajstić information content (AvgIpc) is 2.99. The fourth-order valence-corrected chi connectivity index (χ4v) is 3.62. The van der Waals surface area contributed by atoms with Gasteiger partial charge in [-0.25, -0.2) is 13.6 Å². The number of rotatable bonds is 4. The maximum Gasteiger partial charge on any atom is 0.268 e. The number of aromatic nitrogens is 1. The predicted octanol–water partition coefficient (Wildman–Crippen LogP) is 1.53.